The van der Waals surface area contributed by atoms with Crippen molar-refractivity contribution >= 4 is 44.9 Å². The average molecular weight is 444 g/mol. The fraction of sp³-hybridized carbons (Fsp3) is 0.278. The highest BCUT2D eigenvalue weighted by atomic mass is 35.5. The number of sulfonamides is 1. The Morgan fingerprint density at radius 1 is 1.00 bits per heavy atom. The Bertz CT molecular complexity index is 959. The molecule has 0 saturated carbocycles. The maximum absolute atomic E-state index is 12.7. The molecular formula is C18H19Cl2N3O4S. The maximum Gasteiger partial charge on any atom is 0.322 e. The molecule has 2 aromatic carbocycles. The number of carbonyl (C=O) groups is 1. The number of benzene rings is 2. The first-order valence-corrected chi connectivity index (χ1v) is 10.7. The number of methoxy groups -OCH3 is 1. The number of piperazine rings is 1. The second-order valence-electron chi connectivity index (χ2n) is 6.12. The molecule has 10 heteroatoms. The third-order valence-corrected chi connectivity index (χ3v) is 6.78. The molecule has 1 saturated heterocycles. The number of amides is 2. The highest BCUT2D eigenvalue weighted by Crippen LogP contribution is 2.28. The molecular weight excluding hydrogens is 425 g/mol. The van der Waals surface area contributed by atoms with E-state index in [0.29, 0.717) is 21.5 Å². The highest BCUT2D eigenvalue weighted by molar-refractivity contribution is 7.89. The Hall–Kier alpha value is -2.00. The van der Waals surface area contributed by atoms with E-state index in [1.165, 1.54) is 35.7 Å². The van der Waals surface area contributed by atoms with Crippen LogP contribution in [0.2, 0.25) is 10.0 Å². The van der Waals surface area contributed by atoms with E-state index in [2.05, 4.69) is 5.32 Å². The number of urea groups is 1. The van der Waals surface area contributed by atoms with Gasteiger partial charge < -0.3 is 15.0 Å². The first kappa shape index (κ1) is 20.7. The Morgan fingerprint density at radius 2 is 1.61 bits per heavy atom. The van der Waals surface area contributed by atoms with Crippen LogP contribution in [0.5, 0.6) is 5.75 Å². The standard InChI is InChI=1S/C18H19Cl2N3O4S/c1-27-17-7-4-14(20)12-16(17)21-18(24)22-8-10-23(11-9-22)28(25,26)15-5-2-13(19)3-6-15/h2-7,12H,8-11H2,1H3,(H,21,24). The SMILES string of the molecule is COc1ccc(Cl)cc1NC(=O)N1CCN(S(=O)(=O)c2ccc(Cl)cc2)CC1. The van der Waals surface area contributed by atoms with Gasteiger partial charge >= 0.3 is 6.03 Å². The van der Waals surface area contributed by atoms with Crippen molar-refractivity contribution in [2.45, 2.75) is 4.90 Å². The number of anilines is 1. The van der Waals surface area contributed by atoms with Gasteiger partial charge in [0.25, 0.3) is 0 Å². The zero-order valence-electron chi connectivity index (χ0n) is 15.1. The molecule has 1 aliphatic heterocycles. The smallest absolute Gasteiger partial charge is 0.322 e. The van der Waals surface area contributed by atoms with Gasteiger partial charge in [0.15, 0.2) is 0 Å². The molecule has 7 nitrogen and oxygen atoms in total. The van der Waals surface area contributed by atoms with Crippen LogP contribution in [0, 0.1) is 0 Å². The zero-order chi connectivity index (χ0) is 20.3. The van der Waals surface area contributed by atoms with Crippen LogP contribution in [0.4, 0.5) is 10.5 Å². The zero-order valence-corrected chi connectivity index (χ0v) is 17.4. The molecule has 2 aromatic rings. The van der Waals surface area contributed by atoms with Gasteiger partial charge in [-0.25, -0.2) is 13.2 Å². The van der Waals surface area contributed by atoms with E-state index >= 15 is 0 Å². The molecule has 1 aliphatic rings. The molecule has 1 fully saturated rings. The number of carbonyl (C=O) groups excluding carboxylic acids is 1. The average Bonchev–Trinajstić information content (AvgIpc) is 2.68. The molecule has 28 heavy (non-hydrogen) atoms. The van der Waals surface area contributed by atoms with Crippen LogP contribution in [-0.2, 0) is 10.0 Å². The van der Waals surface area contributed by atoms with Gasteiger partial charge in [-0.15, -0.1) is 0 Å². The van der Waals surface area contributed by atoms with Crippen LogP contribution >= 0.6 is 23.2 Å². The van der Waals surface area contributed by atoms with Crippen molar-refractivity contribution in [1.29, 1.82) is 0 Å². The molecule has 1 heterocycles. The second kappa shape index (κ2) is 8.57. The molecule has 0 aromatic heterocycles. The predicted octanol–water partition coefficient (Wildman–Crippen LogP) is 3.54. The molecule has 0 aliphatic carbocycles. The number of nitrogens with one attached hydrogen (secondary N) is 1. The van der Waals surface area contributed by atoms with Crippen LogP contribution < -0.4 is 10.1 Å². The number of ether oxygens (including phenoxy) is 1. The molecule has 0 unspecified atom stereocenters. The Balaban J connectivity index is 1.64. The third-order valence-electron chi connectivity index (χ3n) is 4.38. The maximum atomic E-state index is 12.7. The molecule has 0 spiro atoms. The van der Waals surface area contributed by atoms with E-state index in [0.717, 1.165) is 0 Å². The number of rotatable bonds is 4. The predicted molar refractivity (Wildman–Crippen MR) is 109 cm³/mol. The van der Waals surface area contributed by atoms with Gasteiger partial charge in [-0.05, 0) is 42.5 Å². The number of halogens is 2. The van der Waals surface area contributed by atoms with E-state index in [4.69, 9.17) is 27.9 Å². The summed E-state index contributed by atoms with van der Waals surface area (Å²) in [5.74, 6) is 0.488. The minimum absolute atomic E-state index is 0.179. The molecule has 0 bridgehead atoms. The summed E-state index contributed by atoms with van der Waals surface area (Å²) in [5.41, 5.74) is 0.455. The minimum Gasteiger partial charge on any atom is -0.495 e. The molecule has 150 valence electrons. The van der Waals surface area contributed by atoms with Crippen LogP contribution in [-0.4, -0.2) is 56.9 Å². The number of hydrogen-bond acceptors (Lipinski definition) is 4. The number of hydrogen-bond donors (Lipinski definition) is 1. The van der Waals surface area contributed by atoms with Gasteiger partial charge in [-0.3, -0.25) is 0 Å². The molecule has 0 atom stereocenters. The summed E-state index contributed by atoms with van der Waals surface area (Å²) in [6.45, 7) is 0.930. The van der Waals surface area contributed by atoms with Crippen molar-refractivity contribution in [3.63, 3.8) is 0 Å². The summed E-state index contributed by atoms with van der Waals surface area (Å²) < 4.78 is 32.0. The topological polar surface area (TPSA) is 79.0 Å². The lowest BCUT2D eigenvalue weighted by Crippen LogP contribution is -2.51. The van der Waals surface area contributed by atoms with Crippen LogP contribution in [0.25, 0.3) is 0 Å². The van der Waals surface area contributed by atoms with Crippen molar-refractivity contribution in [3.05, 3.63) is 52.5 Å². The summed E-state index contributed by atoms with van der Waals surface area (Å²) in [5, 5.41) is 3.70. The molecule has 2 amide bonds. The Labute approximate surface area is 173 Å². The van der Waals surface area contributed by atoms with E-state index in [1.54, 1.807) is 23.1 Å². The second-order valence-corrected chi connectivity index (χ2v) is 8.93. The summed E-state index contributed by atoms with van der Waals surface area (Å²) in [6.07, 6.45) is 0. The lowest BCUT2D eigenvalue weighted by Gasteiger charge is -2.34. The lowest BCUT2D eigenvalue weighted by molar-refractivity contribution is 0.184. The van der Waals surface area contributed by atoms with Crippen LogP contribution in [0.1, 0.15) is 0 Å². The molecule has 0 radical (unpaired) electrons. The summed E-state index contributed by atoms with van der Waals surface area (Å²) >= 11 is 11.8. The van der Waals surface area contributed by atoms with Crippen LogP contribution in [0.3, 0.4) is 0 Å². The molecule has 3 rings (SSSR count). The van der Waals surface area contributed by atoms with E-state index < -0.39 is 10.0 Å². The van der Waals surface area contributed by atoms with Gasteiger partial charge in [-0.2, -0.15) is 4.31 Å². The fourth-order valence-corrected chi connectivity index (χ4v) is 4.58. The highest BCUT2D eigenvalue weighted by Gasteiger charge is 2.30. The quantitative estimate of drug-likeness (QED) is 0.783. The number of nitrogens with zero attached hydrogens (tertiary/aromatic N) is 2. The van der Waals surface area contributed by atoms with Crippen molar-refractivity contribution in [2.24, 2.45) is 0 Å². The van der Waals surface area contributed by atoms with Crippen LogP contribution in [0.15, 0.2) is 47.4 Å². The minimum atomic E-state index is -3.62. The molecule has 1 N–H and O–H groups in total. The first-order valence-electron chi connectivity index (χ1n) is 8.46. The summed E-state index contributed by atoms with van der Waals surface area (Å²) in [4.78, 5) is 14.3. The van der Waals surface area contributed by atoms with Gasteiger partial charge in [-0.1, -0.05) is 23.2 Å². The largest absolute Gasteiger partial charge is 0.495 e. The van der Waals surface area contributed by atoms with Gasteiger partial charge in [0.2, 0.25) is 10.0 Å². The third kappa shape index (κ3) is 4.52. The van der Waals surface area contributed by atoms with Gasteiger partial charge in [0.05, 0.1) is 17.7 Å². The monoisotopic (exact) mass is 443 g/mol. The van der Waals surface area contributed by atoms with E-state index in [9.17, 15) is 13.2 Å². The van der Waals surface area contributed by atoms with E-state index in [-0.39, 0.29) is 37.1 Å². The van der Waals surface area contributed by atoms with Crippen molar-refractivity contribution in [1.82, 2.24) is 9.21 Å². The normalized spacial score (nSPS) is 15.3. The van der Waals surface area contributed by atoms with E-state index in [1.807, 2.05) is 0 Å². The van der Waals surface area contributed by atoms with Crippen molar-refractivity contribution in [2.75, 3.05) is 38.6 Å². The summed E-state index contributed by atoms with van der Waals surface area (Å²) in [7, 11) is -2.12. The first-order chi connectivity index (χ1) is 13.3. The van der Waals surface area contributed by atoms with Gasteiger partial charge in [0, 0.05) is 36.2 Å². The van der Waals surface area contributed by atoms with Crippen molar-refractivity contribution < 1.29 is 17.9 Å². The fourth-order valence-electron chi connectivity index (χ4n) is 2.86. The lowest BCUT2D eigenvalue weighted by atomic mass is 10.3. The van der Waals surface area contributed by atoms with Gasteiger partial charge in [0.1, 0.15) is 5.75 Å². The summed E-state index contributed by atoms with van der Waals surface area (Å²) in [6, 6.07) is 10.6. The Morgan fingerprint density at radius 3 is 2.21 bits per heavy atom. The van der Waals surface area contributed by atoms with Crippen molar-refractivity contribution in [3.8, 4) is 5.75 Å². The Kier molecular flexibility index (Phi) is 6.34.